The van der Waals surface area contributed by atoms with Crippen LogP contribution in [0.4, 0.5) is 0 Å². The minimum Gasteiger partial charge on any atom is -0.355 e. The van der Waals surface area contributed by atoms with Crippen LogP contribution < -0.4 is 5.32 Å². The lowest BCUT2D eigenvalue weighted by Gasteiger charge is -2.32. The van der Waals surface area contributed by atoms with Gasteiger partial charge in [-0.2, -0.15) is 5.26 Å². The Morgan fingerprint density at radius 1 is 0.889 bits per heavy atom. The highest BCUT2D eigenvalue weighted by molar-refractivity contribution is 6.01. The number of aliphatic imine (C=N–C) groups is 1. The molecule has 1 aliphatic rings. The standard InChI is InChI=1S/C24H21N3/c1-17-11-12-22(13-18(17)2)24(21-9-4-3-5-10-21)16-26-23(27-24)20-8-6-7-19(14-20)15-25/h3-14H,16H2,1-2H3,(H,26,27). The van der Waals surface area contributed by atoms with Crippen LogP contribution in [0.25, 0.3) is 0 Å². The summed E-state index contributed by atoms with van der Waals surface area (Å²) in [5.41, 5.74) is 6.11. The van der Waals surface area contributed by atoms with Gasteiger partial charge < -0.3 is 5.32 Å². The fourth-order valence-electron chi connectivity index (χ4n) is 3.60. The monoisotopic (exact) mass is 351 g/mol. The first-order valence-electron chi connectivity index (χ1n) is 9.09. The Labute approximate surface area is 160 Å². The fourth-order valence-corrected chi connectivity index (χ4v) is 3.60. The molecule has 0 fully saturated rings. The Morgan fingerprint density at radius 2 is 1.70 bits per heavy atom. The summed E-state index contributed by atoms with van der Waals surface area (Å²) in [4.78, 5) is 4.84. The maximum atomic E-state index is 9.21. The molecule has 0 bridgehead atoms. The third-order valence-corrected chi connectivity index (χ3v) is 5.34. The Kier molecular flexibility index (Phi) is 4.25. The largest absolute Gasteiger partial charge is 0.355 e. The van der Waals surface area contributed by atoms with Crippen molar-refractivity contribution in [2.24, 2.45) is 4.99 Å². The number of nitriles is 1. The van der Waals surface area contributed by atoms with Gasteiger partial charge in [0.25, 0.3) is 0 Å². The van der Waals surface area contributed by atoms with Crippen LogP contribution in [0.3, 0.4) is 0 Å². The molecule has 1 atom stereocenters. The van der Waals surface area contributed by atoms with E-state index in [0.29, 0.717) is 12.1 Å². The smallest absolute Gasteiger partial charge is 0.129 e. The molecule has 27 heavy (non-hydrogen) atoms. The third kappa shape index (κ3) is 3.00. The molecule has 3 heteroatoms. The molecule has 0 saturated heterocycles. The Balaban J connectivity index is 1.80. The van der Waals surface area contributed by atoms with E-state index in [1.165, 1.54) is 22.3 Å². The average Bonchev–Trinajstić information content (AvgIpc) is 3.17. The van der Waals surface area contributed by atoms with Crippen LogP contribution in [-0.4, -0.2) is 12.4 Å². The number of aryl methyl sites for hydroxylation is 2. The van der Waals surface area contributed by atoms with Crippen molar-refractivity contribution in [2.75, 3.05) is 6.54 Å². The molecule has 1 aliphatic heterocycles. The van der Waals surface area contributed by atoms with E-state index in [1.54, 1.807) is 0 Å². The van der Waals surface area contributed by atoms with Crippen molar-refractivity contribution in [1.29, 1.82) is 5.26 Å². The summed E-state index contributed by atoms with van der Waals surface area (Å²) in [5, 5.41) is 12.9. The molecule has 0 amide bonds. The highest BCUT2D eigenvalue weighted by Crippen LogP contribution is 2.35. The number of hydrogen-bond donors (Lipinski definition) is 1. The van der Waals surface area contributed by atoms with Gasteiger partial charge in [-0.3, -0.25) is 4.99 Å². The van der Waals surface area contributed by atoms with Crippen molar-refractivity contribution >= 4 is 5.84 Å². The lowest BCUT2D eigenvalue weighted by Crippen LogP contribution is -2.44. The van der Waals surface area contributed by atoms with Gasteiger partial charge in [0.05, 0.1) is 18.2 Å². The molecule has 3 nitrogen and oxygen atoms in total. The van der Waals surface area contributed by atoms with E-state index in [-0.39, 0.29) is 0 Å². The summed E-state index contributed by atoms with van der Waals surface area (Å²) >= 11 is 0. The summed E-state index contributed by atoms with van der Waals surface area (Å²) in [6, 6.07) is 26.9. The van der Waals surface area contributed by atoms with Crippen molar-refractivity contribution in [2.45, 2.75) is 19.4 Å². The Morgan fingerprint density at radius 3 is 2.44 bits per heavy atom. The summed E-state index contributed by atoms with van der Waals surface area (Å²) < 4.78 is 0. The molecule has 1 unspecified atom stereocenters. The van der Waals surface area contributed by atoms with Crippen molar-refractivity contribution in [3.8, 4) is 6.07 Å². The molecule has 3 aromatic rings. The number of hydrogen-bond acceptors (Lipinski definition) is 3. The zero-order chi connectivity index (χ0) is 18.9. The van der Waals surface area contributed by atoms with Crippen LogP contribution in [0.2, 0.25) is 0 Å². The second-order valence-corrected chi connectivity index (χ2v) is 7.05. The van der Waals surface area contributed by atoms with E-state index in [2.05, 4.69) is 67.7 Å². The van der Waals surface area contributed by atoms with Gasteiger partial charge in [0.2, 0.25) is 0 Å². The van der Waals surface area contributed by atoms with Gasteiger partial charge in [0.1, 0.15) is 11.4 Å². The first kappa shape index (κ1) is 17.1. The number of nitrogens with one attached hydrogen (secondary N) is 1. The predicted octanol–water partition coefficient (Wildman–Crippen LogP) is 4.47. The van der Waals surface area contributed by atoms with Crippen LogP contribution in [0.1, 0.15) is 33.4 Å². The van der Waals surface area contributed by atoms with E-state index in [4.69, 9.17) is 4.99 Å². The normalized spacial score (nSPS) is 18.5. The summed E-state index contributed by atoms with van der Waals surface area (Å²) in [5.74, 6) is 0.828. The minimum atomic E-state index is -0.405. The molecular formula is C24H21N3. The van der Waals surface area contributed by atoms with Crippen molar-refractivity contribution in [3.63, 3.8) is 0 Å². The quantitative estimate of drug-likeness (QED) is 0.757. The number of benzene rings is 3. The van der Waals surface area contributed by atoms with Crippen LogP contribution >= 0.6 is 0 Å². The summed E-state index contributed by atoms with van der Waals surface area (Å²) in [7, 11) is 0. The summed E-state index contributed by atoms with van der Waals surface area (Å²) in [6.07, 6.45) is 0. The molecule has 0 aliphatic carbocycles. The van der Waals surface area contributed by atoms with Crippen molar-refractivity contribution < 1.29 is 0 Å². The topological polar surface area (TPSA) is 48.2 Å². The van der Waals surface area contributed by atoms with E-state index in [1.807, 2.05) is 30.3 Å². The van der Waals surface area contributed by atoms with Crippen LogP contribution in [-0.2, 0) is 5.54 Å². The van der Waals surface area contributed by atoms with Crippen molar-refractivity contribution in [1.82, 2.24) is 5.32 Å². The molecule has 0 spiro atoms. The Bertz CT molecular complexity index is 1060. The number of amidine groups is 1. The first-order valence-corrected chi connectivity index (χ1v) is 9.09. The van der Waals surface area contributed by atoms with Gasteiger partial charge in [-0.25, -0.2) is 0 Å². The molecule has 3 aromatic carbocycles. The van der Waals surface area contributed by atoms with Gasteiger partial charge in [-0.1, -0.05) is 60.7 Å². The van der Waals surface area contributed by atoms with Crippen LogP contribution in [0.5, 0.6) is 0 Å². The van der Waals surface area contributed by atoms with Gasteiger partial charge in [0, 0.05) is 5.56 Å². The van der Waals surface area contributed by atoms with Gasteiger partial charge in [-0.15, -0.1) is 0 Å². The molecular weight excluding hydrogens is 330 g/mol. The number of rotatable bonds is 3. The third-order valence-electron chi connectivity index (χ3n) is 5.34. The maximum absolute atomic E-state index is 9.21. The second-order valence-electron chi connectivity index (χ2n) is 7.05. The highest BCUT2D eigenvalue weighted by Gasteiger charge is 2.39. The molecule has 0 saturated carbocycles. The molecule has 132 valence electrons. The number of nitrogens with zero attached hydrogens (tertiary/aromatic N) is 2. The first-order chi connectivity index (χ1) is 13.1. The molecule has 1 heterocycles. The lowest BCUT2D eigenvalue weighted by atomic mass is 9.82. The van der Waals surface area contributed by atoms with E-state index in [9.17, 15) is 5.26 Å². The highest BCUT2D eigenvalue weighted by atomic mass is 15.1. The van der Waals surface area contributed by atoms with E-state index < -0.39 is 5.54 Å². The van der Waals surface area contributed by atoms with Gasteiger partial charge >= 0.3 is 0 Å². The SMILES string of the molecule is Cc1ccc(C2(c3ccccc3)CN=C(c3cccc(C#N)c3)N2)cc1C. The van der Waals surface area contributed by atoms with Gasteiger partial charge in [0.15, 0.2) is 0 Å². The predicted molar refractivity (Wildman–Crippen MR) is 109 cm³/mol. The van der Waals surface area contributed by atoms with Crippen LogP contribution in [0.15, 0.2) is 77.8 Å². The minimum absolute atomic E-state index is 0.405. The average molecular weight is 351 g/mol. The van der Waals surface area contributed by atoms with Crippen LogP contribution in [0, 0.1) is 25.2 Å². The fraction of sp³-hybridized carbons (Fsp3) is 0.167. The molecule has 0 aromatic heterocycles. The zero-order valence-corrected chi connectivity index (χ0v) is 15.5. The second kappa shape index (κ2) is 6.74. The molecule has 0 radical (unpaired) electrons. The zero-order valence-electron chi connectivity index (χ0n) is 15.5. The summed E-state index contributed by atoms with van der Waals surface area (Å²) in [6.45, 7) is 4.89. The molecule has 4 rings (SSSR count). The molecule has 1 N–H and O–H groups in total. The van der Waals surface area contributed by atoms with Crippen molar-refractivity contribution in [3.05, 3.63) is 106 Å². The Hall–Kier alpha value is -3.38. The van der Waals surface area contributed by atoms with Gasteiger partial charge in [-0.05, 0) is 48.2 Å². The maximum Gasteiger partial charge on any atom is 0.129 e. The van der Waals surface area contributed by atoms with E-state index >= 15 is 0 Å². The van der Waals surface area contributed by atoms with E-state index in [0.717, 1.165) is 11.4 Å². The lowest BCUT2D eigenvalue weighted by molar-refractivity contribution is 0.524.